The number of aliphatic hydroxyl groups is 1. The first-order chi connectivity index (χ1) is 8.74. The Labute approximate surface area is 113 Å². The SMILES string of the molecule is N#Cc1sc(NC(CO)c2ccccc2)nc1Cl. The van der Waals surface area contributed by atoms with Crippen molar-refractivity contribution in [1.29, 1.82) is 5.26 Å². The van der Waals surface area contributed by atoms with Gasteiger partial charge in [0.05, 0.1) is 12.6 Å². The number of thiazole rings is 1. The number of benzene rings is 1. The fraction of sp³-hybridized carbons (Fsp3) is 0.167. The molecule has 0 fully saturated rings. The van der Waals surface area contributed by atoms with Gasteiger partial charge in [0.1, 0.15) is 10.9 Å². The lowest BCUT2D eigenvalue weighted by molar-refractivity contribution is 0.276. The molecule has 0 aliphatic heterocycles. The van der Waals surface area contributed by atoms with Crippen LogP contribution in [0.15, 0.2) is 30.3 Å². The third-order valence-corrected chi connectivity index (χ3v) is 3.65. The highest BCUT2D eigenvalue weighted by molar-refractivity contribution is 7.16. The van der Waals surface area contributed by atoms with E-state index in [1.807, 2.05) is 36.4 Å². The second-order valence-corrected chi connectivity index (χ2v) is 4.90. The molecule has 6 heteroatoms. The normalized spacial score (nSPS) is 11.8. The van der Waals surface area contributed by atoms with E-state index in [1.165, 1.54) is 11.3 Å². The molecule has 0 aliphatic rings. The van der Waals surface area contributed by atoms with Gasteiger partial charge < -0.3 is 10.4 Å². The van der Waals surface area contributed by atoms with E-state index in [0.717, 1.165) is 5.56 Å². The minimum Gasteiger partial charge on any atom is -0.394 e. The maximum Gasteiger partial charge on any atom is 0.185 e. The predicted octanol–water partition coefficient (Wildman–Crippen LogP) is 2.81. The van der Waals surface area contributed by atoms with Crippen LogP contribution in [-0.2, 0) is 0 Å². The molecule has 1 aromatic heterocycles. The second-order valence-electron chi connectivity index (χ2n) is 3.54. The topological polar surface area (TPSA) is 68.9 Å². The molecule has 2 rings (SSSR count). The summed E-state index contributed by atoms with van der Waals surface area (Å²) in [5.74, 6) is 0. The number of nitrogens with one attached hydrogen (secondary N) is 1. The number of nitrogens with zero attached hydrogens (tertiary/aromatic N) is 2. The van der Waals surface area contributed by atoms with Gasteiger partial charge in [0.15, 0.2) is 10.3 Å². The molecular formula is C12H10ClN3OS. The van der Waals surface area contributed by atoms with Gasteiger partial charge in [-0.05, 0) is 5.56 Å². The average molecular weight is 280 g/mol. The number of halogens is 1. The van der Waals surface area contributed by atoms with E-state index >= 15 is 0 Å². The molecule has 2 N–H and O–H groups in total. The third kappa shape index (κ3) is 2.79. The van der Waals surface area contributed by atoms with Crippen molar-refractivity contribution >= 4 is 28.1 Å². The van der Waals surface area contributed by atoms with Crippen LogP contribution in [0, 0.1) is 11.3 Å². The Balaban J connectivity index is 2.18. The van der Waals surface area contributed by atoms with E-state index in [4.69, 9.17) is 16.9 Å². The number of hydrogen-bond donors (Lipinski definition) is 2. The number of nitriles is 1. The number of hydrogen-bond acceptors (Lipinski definition) is 5. The zero-order valence-electron chi connectivity index (χ0n) is 9.30. The minimum absolute atomic E-state index is 0.0664. The highest BCUT2D eigenvalue weighted by Crippen LogP contribution is 2.28. The van der Waals surface area contributed by atoms with E-state index in [2.05, 4.69) is 10.3 Å². The first-order valence-electron chi connectivity index (χ1n) is 5.23. The van der Waals surface area contributed by atoms with Crippen molar-refractivity contribution < 1.29 is 5.11 Å². The van der Waals surface area contributed by atoms with Gasteiger partial charge in [-0.3, -0.25) is 0 Å². The van der Waals surface area contributed by atoms with Crippen molar-refractivity contribution in [1.82, 2.24) is 4.98 Å². The van der Waals surface area contributed by atoms with Crippen LogP contribution >= 0.6 is 22.9 Å². The molecule has 4 nitrogen and oxygen atoms in total. The molecule has 0 spiro atoms. The maximum atomic E-state index is 9.39. The van der Waals surface area contributed by atoms with Gasteiger partial charge in [-0.1, -0.05) is 53.3 Å². The summed E-state index contributed by atoms with van der Waals surface area (Å²) in [5, 5.41) is 22.0. The number of aliphatic hydroxyl groups excluding tert-OH is 1. The standard InChI is InChI=1S/C12H10ClN3OS/c13-11-10(6-14)18-12(16-11)15-9(7-17)8-4-2-1-3-5-8/h1-5,9,17H,7H2,(H,15,16). The van der Waals surface area contributed by atoms with Gasteiger partial charge in [0.25, 0.3) is 0 Å². The molecule has 0 saturated carbocycles. The lowest BCUT2D eigenvalue weighted by atomic mass is 10.1. The number of rotatable bonds is 4. The highest BCUT2D eigenvalue weighted by Gasteiger charge is 2.14. The molecule has 2 aromatic rings. The summed E-state index contributed by atoms with van der Waals surface area (Å²) in [4.78, 5) is 4.40. The Hall–Kier alpha value is -1.61. The van der Waals surface area contributed by atoms with Crippen molar-refractivity contribution in [2.45, 2.75) is 6.04 Å². The lowest BCUT2D eigenvalue weighted by Crippen LogP contribution is -2.14. The van der Waals surface area contributed by atoms with Crippen LogP contribution in [0.3, 0.4) is 0 Å². The summed E-state index contributed by atoms with van der Waals surface area (Å²) in [5.41, 5.74) is 0.949. The summed E-state index contributed by atoms with van der Waals surface area (Å²) in [6.45, 7) is -0.0664. The number of anilines is 1. The second kappa shape index (κ2) is 5.83. The Kier molecular flexibility index (Phi) is 4.15. The molecule has 1 atom stereocenters. The molecule has 0 radical (unpaired) electrons. The van der Waals surface area contributed by atoms with E-state index in [9.17, 15) is 5.11 Å². The van der Waals surface area contributed by atoms with Gasteiger partial charge in [-0.25, -0.2) is 4.98 Å². The molecule has 0 saturated heterocycles. The van der Waals surface area contributed by atoms with Crippen LogP contribution in [-0.4, -0.2) is 16.7 Å². The molecule has 92 valence electrons. The molecule has 0 bridgehead atoms. The van der Waals surface area contributed by atoms with Gasteiger partial charge >= 0.3 is 0 Å². The van der Waals surface area contributed by atoms with E-state index < -0.39 is 0 Å². The summed E-state index contributed by atoms with van der Waals surface area (Å²) in [6, 6.07) is 11.2. The molecule has 1 unspecified atom stereocenters. The Morgan fingerprint density at radius 2 is 2.17 bits per heavy atom. The highest BCUT2D eigenvalue weighted by atomic mass is 35.5. The van der Waals surface area contributed by atoms with Crippen LogP contribution in [0.2, 0.25) is 5.15 Å². The summed E-state index contributed by atoms with van der Waals surface area (Å²) < 4.78 is 0. The average Bonchev–Trinajstić information content (AvgIpc) is 2.77. The first-order valence-corrected chi connectivity index (χ1v) is 6.43. The van der Waals surface area contributed by atoms with Gasteiger partial charge in [0, 0.05) is 0 Å². The molecular weight excluding hydrogens is 270 g/mol. The maximum absolute atomic E-state index is 9.39. The van der Waals surface area contributed by atoms with E-state index in [1.54, 1.807) is 0 Å². The summed E-state index contributed by atoms with van der Waals surface area (Å²) >= 11 is 6.96. The summed E-state index contributed by atoms with van der Waals surface area (Å²) in [6.07, 6.45) is 0. The fourth-order valence-electron chi connectivity index (χ4n) is 1.50. The van der Waals surface area contributed by atoms with E-state index in [-0.39, 0.29) is 17.8 Å². The quantitative estimate of drug-likeness (QED) is 0.903. The zero-order valence-corrected chi connectivity index (χ0v) is 10.9. The largest absolute Gasteiger partial charge is 0.394 e. The van der Waals surface area contributed by atoms with Crippen LogP contribution in [0.5, 0.6) is 0 Å². The van der Waals surface area contributed by atoms with Crippen molar-refractivity contribution in [3.63, 3.8) is 0 Å². The molecule has 0 amide bonds. The van der Waals surface area contributed by atoms with Gasteiger partial charge in [-0.2, -0.15) is 5.26 Å². The van der Waals surface area contributed by atoms with Crippen molar-refractivity contribution in [3.05, 3.63) is 45.9 Å². The van der Waals surface area contributed by atoms with E-state index in [0.29, 0.717) is 10.0 Å². The van der Waals surface area contributed by atoms with Gasteiger partial charge in [0.2, 0.25) is 0 Å². The minimum atomic E-state index is -0.264. The lowest BCUT2D eigenvalue weighted by Gasteiger charge is -2.15. The smallest absolute Gasteiger partial charge is 0.185 e. The molecule has 18 heavy (non-hydrogen) atoms. The van der Waals surface area contributed by atoms with Gasteiger partial charge in [-0.15, -0.1) is 0 Å². The van der Waals surface area contributed by atoms with Crippen LogP contribution in [0.4, 0.5) is 5.13 Å². The molecule has 0 aliphatic carbocycles. The fourth-order valence-corrected chi connectivity index (χ4v) is 2.50. The summed E-state index contributed by atoms with van der Waals surface area (Å²) in [7, 11) is 0. The van der Waals surface area contributed by atoms with Crippen molar-refractivity contribution in [3.8, 4) is 6.07 Å². The Bertz CT molecular complexity index is 564. The van der Waals surface area contributed by atoms with Crippen LogP contribution < -0.4 is 5.32 Å². The predicted molar refractivity (Wildman–Crippen MR) is 71.7 cm³/mol. The Morgan fingerprint density at radius 3 is 2.72 bits per heavy atom. The monoisotopic (exact) mass is 279 g/mol. The first kappa shape index (κ1) is 12.8. The van der Waals surface area contributed by atoms with Crippen LogP contribution in [0.1, 0.15) is 16.5 Å². The van der Waals surface area contributed by atoms with Crippen molar-refractivity contribution in [2.24, 2.45) is 0 Å². The number of aromatic nitrogens is 1. The zero-order chi connectivity index (χ0) is 13.0. The molecule has 1 heterocycles. The molecule has 1 aromatic carbocycles. The Morgan fingerprint density at radius 1 is 1.44 bits per heavy atom. The van der Waals surface area contributed by atoms with Crippen molar-refractivity contribution in [2.75, 3.05) is 11.9 Å². The van der Waals surface area contributed by atoms with Crippen LogP contribution in [0.25, 0.3) is 0 Å². The third-order valence-electron chi connectivity index (χ3n) is 2.37.